The number of carbonyl (C=O) groups is 2. The number of ether oxygens (including phenoxy) is 2. The van der Waals surface area contributed by atoms with Gasteiger partial charge in [-0.2, -0.15) is 0 Å². The summed E-state index contributed by atoms with van der Waals surface area (Å²) in [7, 11) is 0. The molecule has 1 atom stereocenters. The number of nitrogens with zero attached hydrogens (tertiary/aromatic N) is 1. The zero-order valence-electron chi connectivity index (χ0n) is 21.4. The second kappa shape index (κ2) is 11.7. The number of nitrogens with one attached hydrogen (secondary N) is 1. The van der Waals surface area contributed by atoms with Crippen LogP contribution in [0.15, 0.2) is 97.1 Å². The Morgan fingerprint density at radius 2 is 1.50 bits per heavy atom. The number of amides is 1. The lowest BCUT2D eigenvalue weighted by Gasteiger charge is -2.18. The summed E-state index contributed by atoms with van der Waals surface area (Å²) in [6, 6.07) is 27.9. The van der Waals surface area contributed by atoms with E-state index in [1.807, 2.05) is 78.9 Å². The smallest absolute Gasteiger partial charge is 0.407 e. The number of hydrogen-bond donors (Lipinski definition) is 2. The molecule has 0 fully saturated rings. The second-order valence-electron chi connectivity index (χ2n) is 9.40. The van der Waals surface area contributed by atoms with Gasteiger partial charge in [0, 0.05) is 18.4 Å². The van der Waals surface area contributed by atoms with E-state index in [0.717, 1.165) is 27.8 Å². The fraction of sp³-hybridized carbons (Fsp3) is 0.161. The van der Waals surface area contributed by atoms with Crippen molar-refractivity contribution in [3.63, 3.8) is 0 Å². The van der Waals surface area contributed by atoms with Crippen molar-refractivity contribution in [2.75, 3.05) is 6.61 Å². The Kier molecular flexibility index (Phi) is 7.72. The maximum Gasteiger partial charge on any atom is 0.407 e. The fourth-order valence-electron chi connectivity index (χ4n) is 4.91. The van der Waals surface area contributed by atoms with Gasteiger partial charge in [0.25, 0.3) is 0 Å². The summed E-state index contributed by atoms with van der Waals surface area (Å²) in [6.07, 6.45) is -1.06. The van der Waals surface area contributed by atoms with Gasteiger partial charge in [-0.25, -0.2) is 9.59 Å². The first-order chi connectivity index (χ1) is 19.4. The highest BCUT2D eigenvalue weighted by Crippen LogP contribution is 2.44. The van der Waals surface area contributed by atoms with E-state index in [2.05, 4.69) is 5.32 Å². The van der Waals surface area contributed by atoms with Crippen molar-refractivity contribution in [3.05, 3.63) is 129 Å². The Morgan fingerprint density at radius 3 is 2.12 bits per heavy atom. The molecular weight excluding hydrogens is 512 g/mol. The summed E-state index contributed by atoms with van der Waals surface area (Å²) < 4.78 is 11.1. The molecule has 9 heteroatoms. The molecule has 9 nitrogen and oxygen atoms in total. The zero-order valence-corrected chi connectivity index (χ0v) is 21.4. The molecule has 2 N–H and O–H groups in total. The quantitative estimate of drug-likeness (QED) is 0.196. The normalized spacial score (nSPS) is 12.6. The summed E-state index contributed by atoms with van der Waals surface area (Å²) >= 11 is 0. The van der Waals surface area contributed by atoms with Crippen molar-refractivity contribution < 1.29 is 29.1 Å². The number of carboxylic acids is 1. The lowest BCUT2D eigenvalue weighted by atomic mass is 9.98. The molecule has 1 aliphatic carbocycles. The van der Waals surface area contributed by atoms with Crippen molar-refractivity contribution >= 4 is 17.7 Å². The molecule has 0 aromatic heterocycles. The molecule has 4 aromatic rings. The van der Waals surface area contributed by atoms with Crippen molar-refractivity contribution in [1.29, 1.82) is 0 Å². The third-order valence-electron chi connectivity index (χ3n) is 6.83. The molecule has 5 rings (SSSR count). The van der Waals surface area contributed by atoms with Crippen LogP contribution in [0.5, 0.6) is 5.75 Å². The number of fused-ring (bicyclic) bond motifs is 3. The van der Waals surface area contributed by atoms with Crippen LogP contribution >= 0.6 is 0 Å². The minimum atomic E-state index is -1.36. The maximum atomic E-state index is 12.7. The van der Waals surface area contributed by atoms with Gasteiger partial charge >= 0.3 is 17.7 Å². The summed E-state index contributed by atoms with van der Waals surface area (Å²) in [5.41, 5.74) is 5.13. The van der Waals surface area contributed by atoms with Gasteiger partial charge in [-0.3, -0.25) is 10.1 Å². The monoisotopic (exact) mass is 538 g/mol. The molecule has 0 saturated carbocycles. The number of carboxylic acid groups (broad SMARTS) is 1. The van der Waals surface area contributed by atoms with Crippen molar-refractivity contribution in [1.82, 2.24) is 5.32 Å². The van der Waals surface area contributed by atoms with Crippen LogP contribution in [0.25, 0.3) is 11.1 Å². The van der Waals surface area contributed by atoms with Crippen LogP contribution in [-0.4, -0.2) is 34.7 Å². The predicted octanol–water partition coefficient (Wildman–Crippen LogP) is 5.71. The molecule has 0 spiro atoms. The molecule has 0 heterocycles. The molecule has 0 saturated heterocycles. The third kappa shape index (κ3) is 5.78. The number of benzene rings is 4. The fourth-order valence-corrected chi connectivity index (χ4v) is 4.91. The number of rotatable bonds is 10. The van der Waals surface area contributed by atoms with Crippen molar-refractivity contribution in [2.45, 2.75) is 25.0 Å². The lowest BCUT2D eigenvalue weighted by molar-refractivity contribution is -0.386. The van der Waals surface area contributed by atoms with E-state index in [-0.39, 0.29) is 37.0 Å². The van der Waals surface area contributed by atoms with E-state index in [1.165, 1.54) is 12.1 Å². The Labute approximate surface area is 230 Å². The van der Waals surface area contributed by atoms with E-state index in [4.69, 9.17) is 9.47 Å². The van der Waals surface area contributed by atoms with Gasteiger partial charge in [0.05, 0.1) is 4.92 Å². The number of nitro benzene ring substituents is 1. The lowest BCUT2D eigenvalue weighted by Crippen LogP contribution is -2.42. The molecule has 40 heavy (non-hydrogen) atoms. The molecule has 4 aromatic carbocycles. The number of alkyl carbamates (subject to hydrolysis) is 1. The summed E-state index contributed by atoms with van der Waals surface area (Å²) in [6.45, 7) is 0.174. The average Bonchev–Trinajstić information content (AvgIpc) is 3.29. The first kappa shape index (κ1) is 26.4. The standard InChI is InChI=1S/C31H26N2O7/c34-30(35)27(16-21-14-15-29(28(17-21)33(37)38)39-18-20-8-2-1-3-9-20)32-31(36)40-19-26-24-12-6-4-10-22(24)23-11-5-7-13-25(23)26/h1-15,17,26-27H,16,18-19H2,(H,32,36)(H,34,35)/t27-/m0/s1. The molecule has 0 aliphatic heterocycles. The first-order valence-corrected chi connectivity index (χ1v) is 12.7. The average molecular weight is 539 g/mol. The Bertz CT molecular complexity index is 1510. The zero-order chi connectivity index (χ0) is 28.1. The van der Waals surface area contributed by atoms with E-state index in [1.54, 1.807) is 6.07 Å². The summed E-state index contributed by atoms with van der Waals surface area (Å²) in [5.74, 6) is -1.40. The van der Waals surface area contributed by atoms with Crippen molar-refractivity contribution in [2.24, 2.45) is 0 Å². The molecule has 1 amide bonds. The molecular formula is C31H26N2O7. The maximum absolute atomic E-state index is 12.7. The summed E-state index contributed by atoms with van der Waals surface area (Å²) in [4.78, 5) is 35.7. The Balaban J connectivity index is 1.24. The number of aliphatic carboxylic acids is 1. The van der Waals surface area contributed by atoms with Gasteiger partial charge in [-0.1, -0.05) is 84.9 Å². The van der Waals surface area contributed by atoms with Gasteiger partial charge in [0.1, 0.15) is 19.3 Å². The first-order valence-electron chi connectivity index (χ1n) is 12.7. The highest BCUT2D eigenvalue weighted by atomic mass is 16.6. The van der Waals surface area contributed by atoms with Gasteiger partial charge in [0.15, 0.2) is 5.75 Å². The van der Waals surface area contributed by atoms with Crippen LogP contribution in [-0.2, 0) is 22.6 Å². The summed E-state index contributed by atoms with van der Waals surface area (Å²) in [5, 5.41) is 23.8. The minimum absolute atomic E-state index is 0.0329. The highest BCUT2D eigenvalue weighted by Gasteiger charge is 2.30. The molecule has 1 aliphatic rings. The van der Waals surface area contributed by atoms with E-state index in [0.29, 0.717) is 5.56 Å². The van der Waals surface area contributed by atoms with Gasteiger partial charge in [-0.05, 0) is 39.4 Å². The van der Waals surface area contributed by atoms with Gasteiger partial charge < -0.3 is 19.9 Å². The highest BCUT2D eigenvalue weighted by molar-refractivity contribution is 5.81. The van der Waals surface area contributed by atoms with Gasteiger partial charge in [-0.15, -0.1) is 0 Å². The molecule has 0 radical (unpaired) electrons. The van der Waals surface area contributed by atoms with Crippen LogP contribution in [0.4, 0.5) is 10.5 Å². The van der Waals surface area contributed by atoms with Crippen LogP contribution in [0.3, 0.4) is 0 Å². The van der Waals surface area contributed by atoms with Crippen LogP contribution in [0.1, 0.15) is 28.2 Å². The number of carbonyl (C=O) groups excluding carboxylic acids is 1. The Hall–Kier alpha value is -5.18. The SMILES string of the molecule is O=C(N[C@@H](Cc1ccc(OCc2ccccc2)c([N+](=O)[O-])c1)C(=O)O)OCC1c2ccccc2-c2ccccc21. The number of hydrogen-bond acceptors (Lipinski definition) is 6. The van der Waals surface area contributed by atoms with E-state index < -0.39 is 23.0 Å². The second-order valence-corrected chi connectivity index (χ2v) is 9.40. The van der Waals surface area contributed by atoms with E-state index >= 15 is 0 Å². The van der Waals surface area contributed by atoms with E-state index in [9.17, 15) is 24.8 Å². The molecule has 0 unspecified atom stereocenters. The molecule has 202 valence electrons. The van der Waals surface area contributed by atoms with Crippen LogP contribution < -0.4 is 10.1 Å². The minimum Gasteiger partial charge on any atom is -0.482 e. The van der Waals surface area contributed by atoms with Crippen LogP contribution in [0, 0.1) is 10.1 Å². The number of nitro groups is 1. The van der Waals surface area contributed by atoms with Crippen molar-refractivity contribution in [3.8, 4) is 16.9 Å². The van der Waals surface area contributed by atoms with Crippen LogP contribution in [0.2, 0.25) is 0 Å². The largest absolute Gasteiger partial charge is 0.482 e. The van der Waals surface area contributed by atoms with Gasteiger partial charge in [0.2, 0.25) is 0 Å². The topological polar surface area (TPSA) is 128 Å². The Morgan fingerprint density at radius 1 is 0.875 bits per heavy atom. The third-order valence-corrected chi connectivity index (χ3v) is 6.83. The molecule has 0 bridgehead atoms. The predicted molar refractivity (Wildman–Crippen MR) is 147 cm³/mol.